The smallest absolute Gasteiger partial charge is 0.200 e. The zero-order chi connectivity index (χ0) is 41.0. The fourth-order valence-electron chi connectivity index (χ4n) is 11.2. The number of fused-ring (bicyclic) bond motifs is 3. The molecule has 0 saturated heterocycles. The number of aromatic hydroxyl groups is 1. The largest absolute Gasteiger partial charge is 0.502 e. The molecule has 11 heteroatoms. The lowest BCUT2D eigenvalue weighted by Crippen LogP contribution is -2.38. The molecule has 314 valence electrons. The standard InChI is InChI=1S/C48H58N2O9/c1-5-49-25-59-38-21-36(55-3)31-14-15-32-41-35(50-47(54)44(38)43(31)41)20-37-42(32)45(52)33(24-58-37)26-18-39(56-4)46(53)40(19-26)57-23-27(22-51)29-16-17-48(2,28-10-6-7-11-28)34-13-9-8-12-30(29)34/h8-9,12-13,18-21,27-29,33,45,47,49-54H,5-7,10-11,14-17,22-25H2,1-4H3. The second-order valence-electron chi connectivity index (χ2n) is 17.3. The zero-order valence-corrected chi connectivity index (χ0v) is 34.6. The van der Waals surface area contributed by atoms with E-state index in [9.17, 15) is 20.4 Å². The van der Waals surface area contributed by atoms with Gasteiger partial charge in [-0.1, -0.05) is 51.0 Å². The molecule has 0 aromatic heterocycles. The molecule has 11 nitrogen and oxygen atoms in total. The van der Waals surface area contributed by atoms with Crippen LogP contribution in [0.2, 0.25) is 0 Å². The molecule has 5 aliphatic rings. The Hall–Kier alpha value is -4.68. The van der Waals surface area contributed by atoms with Gasteiger partial charge < -0.3 is 49.4 Å². The number of hydrogen-bond acceptors (Lipinski definition) is 11. The third-order valence-corrected chi connectivity index (χ3v) is 14.3. The Kier molecular flexibility index (Phi) is 10.8. The van der Waals surface area contributed by atoms with Crippen LogP contribution in [0.1, 0.15) is 115 Å². The molecule has 2 aliphatic heterocycles. The Balaban J connectivity index is 1.02. The summed E-state index contributed by atoms with van der Waals surface area (Å²) in [4.78, 5) is 0. The van der Waals surface area contributed by atoms with Crippen LogP contribution in [0.25, 0.3) is 11.1 Å². The summed E-state index contributed by atoms with van der Waals surface area (Å²) in [7, 11) is 3.14. The van der Waals surface area contributed by atoms with Crippen molar-refractivity contribution in [1.29, 1.82) is 0 Å². The molecule has 0 amide bonds. The molecule has 1 fully saturated rings. The van der Waals surface area contributed by atoms with E-state index in [2.05, 4.69) is 41.8 Å². The number of anilines is 1. The van der Waals surface area contributed by atoms with Gasteiger partial charge in [-0.15, -0.1) is 0 Å². The first-order valence-electron chi connectivity index (χ1n) is 21.5. The van der Waals surface area contributed by atoms with Crippen LogP contribution < -0.4 is 34.3 Å². The monoisotopic (exact) mass is 806 g/mol. The van der Waals surface area contributed by atoms with Crippen molar-refractivity contribution in [1.82, 2.24) is 5.32 Å². The van der Waals surface area contributed by atoms with Crippen LogP contribution in [0, 0.1) is 11.8 Å². The van der Waals surface area contributed by atoms with Gasteiger partial charge in [0.15, 0.2) is 17.7 Å². The van der Waals surface area contributed by atoms with Crippen molar-refractivity contribution in [2.45, 2.75) is 94.8 Å². The van der Waals surface area contributed by atoms with Gasteiger partial charge in [-0.2, -0.15) is 0 Å². The molecular formula is C48H58N2O9. The van der Waals surface area contributed by atoms with Gasteiger partial charge in [0.25, 0.3) is 0 Å². The number of ether oxygens (including phenoxy) is 5. The summed E-state index contributed by atoms with van der Waals surface area (Å²) >= 11 is 0. The third-order valence-electron chi connectivity index (χ3n) is 14.3. The molecule has 6 N–H and O–H groups in total. The molecule has 6 atom stereocenters. The number of nitrogens with one attached hydrogen (secondary N) is 2. The SMILES string of the molecule is CCNCOc1cc(OC)c2c3c1C(O)Nc1cc4c(c(c1-3)CC2)C(O)C(c1cc(OC)c(O)c(OCC(CO)C2CCC(C)(C3CCCC3)c3ccccc32)c1)CO4. The van der Waals surface area contributed by atoms with Crippen LogP contribution in [0.5, 0.6) is 34.5 Å². The van der Waals surface area contributed by atoms with E-state index in [1.807, 2.05) is 19.1 Å². The van der Waals surface area contributed by atoms with Gasteiger partial charge in [0.05, 0.1) is 39.1 Å². The summed E-state index contributed by atoms with van der Waals surface area (Å²) in [6, 6.07) is 16.0. The topological polar surface area (TPSA) is 151 Å². The van der Waals surface area contributed by atoms with Gasteiger partial charge in [-0.25, -0.2) is 0 Å². The second kappa shape index (κ2) is 16.1. The van der Waals surface area contributed by atoms with Crippen molar-refractivity contribution in [3.63, 3.8) is 0 Å². The maximum Gasteiger partial charge on any atom is 0.200 e. The molecule has 9 rings (SSSR count). The average Bonchev–Trinajstić information content (AvgIpc) is 3.81. The Morgan fingerprint density at radius 3 is 2.42 bits per heavy atom. The molecular weight excluding hydrogens is 749 g/mol. The third kappa shape index (κ3) is 6.65. The normalized spacial score (nSPS) is 24.5. The summed E-state index contributed by atoms with van der Waals surface area (Å²) in [5.74, 6) is 2.19. The Morgan fingerprint density at radius 1 is 0.898 bits per heavy atom. The van der Waals surface area contributed by atoms with Gasteiger partial charge >= 0.3 is 0 Å². The van der Waals surface area contributed by atoms with E-state index < -0.39 is 18.2 Å². The molecule has 0 radical (unpaired) electrons. The summed E-state index contributed by atoms with van der Waals surface area (Å²) in [6.07, 6.45) is 6.43. The van der Waals surface area contributed by atoms with Crippen LogP contribution in [0.3, 0.4) is 0 Å². The maximum absolute atomic E-state index is 12.4. The van der Waals surface area contributed by atoms with Crippen LogP contribution >= 0.6 is 0 Å². The minimum Gasteiger partial charge on any atom is -0.502 e. The first-order chi connectivity index (χ1) is 28.7. The molecule has 4 aromatic rings. The predicted molar refractivity (Wildman–Crippen MR) is 225 cm³/mol. The molecule has 4 aromatic carbocycles. The van der Waals surface area contributed by atoms with Crippen molar-refractivity contribution in [2.75, 3.05) is 52.6 Å². The molecule has 2 heterocycles. The number of aliphatic hydroxyl groups is 3. The Bertz CT molecular complexity index is 2220. The van der Waals surface area contributed by atoms with Gasteiger partial charge in [0.2, 0.25) is 5.75 Å². The van der Waals surface area contributed by atoms with Gasteiger partial charge in [-0.3, -0.25) is 5.32 Å². The van der Waals surface area contributed by atoms with Crippen molar-refractivity contribution in [3.8, 4) is 45.6 Å². The quantitative estimate of drug-likeness (QED) is 0.0581. The van der Waals surface area contributed by atoms with E-state index in [-0.39, 0.29) is 61.1 Å². The van der Waals surface area contributed by atoms with Crippen LogP contribution in [0.15, 0.2) is 48.5 Å². The number of benzene rings is 4. The van der Waals surface area contributed by atoms with E-state index in [0.717, 1.165) is 47.3 Å². The first-order valence-corrected chi connectivity index (χ1v) is 21.5. The number of aliphatic hydroxyl groups excluding tert-OH is 3. The highest BCUT2D eigenvalue weighted by atomic mass is 16.5. The summed E-state index contributed by atoms with van der Waals surface area (Å²) in [5.41, 5.74) is 9.28. The minimum absolute atomic E-state index is 0.0539. The Labute approximate surface area is 346 Å². The zero-order valence-electron chi connectivity index (χ0n) is 34.6. The van der Waals surface area contributed by atoms with E-state index in [4.69, 9.17) is 23.7 Å². The lowest BCUT2D eigenvalue weighted by Gasteiger charge is -2.45. The molecule has 6 unspecified atom stereocenters. The van der Waals surface area contributed by atoms with Crippen molar-refractivity contribution in [3.05, 3.63) is 87.5 Å². The predicted octanol–water partition coefficient (Wildman–Crippen LogP) is 7.76. The van der Waals surface area contributed by atoms with Gasteiger partial charge in [-0.05, 0) is 96.7 Å². The Morgan fingerprint density at radius 2 is 1.66 bits per heavy atom. The van der Waals surface area contributed by atoms with Crippen LogP contribution in [-0.4, -0.2) is 67.7 Å². The van der Waals surface area contributed by atoms with Gasteiger partial charge in [0, 0.05) is 58.5 Å². The van der Waals surface area contributed by atoms with E-state index in [0.29, 0.717) is 52.7 Å². The molecule has 0 bridgehead atoms. The summed E-state index contributed by atoms with van der Waals surface area (Å²) < 4.78 is 30.6. The van der Waals surface area contributed by atoms with Crippen LogP contribution in [-0.2, 0) is 18.3 Å². The molecule has 59 heavy (non-hydrogen) atoms. The number of rotatable bonds is 13. The fourth-order valence-corrected chi connectivity index (χ4v) is 11.2. The first kappa shape index (κ1) is 39.8. The highest BCUT2D eigenvalue weighted by molar-refractivity contribution is 5.93. The van der Waals surface area contributed by atoms with Crippen molar-refractivity contribution < 1.29 is 44.1 Å². The second-order valence-corrected chi connectivity index (χ2v) is 17.3. The number of phenolic OH excluding ortho intramolecular Hbond substituents is 1. The summed E-state index contributed by atoms with van der Waals surface area (Å²) in [5, 5.41) is 52.5. The van der Waals surface area contributed by atoms with E-state index in [1.165, 1.54) is 43.9 Å². The lowest BCUT2D eigenvalue weighted by molar-refractivity contribution is 0.0875. The van der Waals surface area contributed by atoms with Crippen molar-refractivity contribution in [2.24, 2.45) is 11.8 Å². The number of hydrogen-bond donors (Lipinski definition) is 6. The molecule has 1 saturated carbocycles. The van der Waals surface area contributed by atoms with Crippen molar-refractivity contribution >= 4 is 5.69 Å². The van der Waals surface area contributed by atoms with Gasteiger partial charge in [0.1, 0.15) is 24.0 Å². The van der Waals surface area contributed by atoms with E-state index in [1.54, 1.807) is 19.2 Å². The minimum atomic E-state index is -1.03. The number of phenols is 1. The highest BCUT2D eigenvalue weighted by Gasteiger charge is 2.45. The number of methoxy groups -OCH3 is 2. The average molecular weight is 807 g/mol. The van der Waals surface area contributed by atoms with E-state index >= 15 is 0 Å². The highest BCUT2D eigenvalue weighted by Crippen LogP contribution is 2.58. The van der Waals surface area contributed by atoms with Crippen LogP contribution in [0.4, 0.5) is 5.69 Å². The molecule has 3 aliphatic carbocycles. The summed E-state index contributed by atoms with van der Waals surface area (Å²) in [6.45, 7) is 5.75. The fraction of sp³-hybridized carbons (Fsp3) is 0.500. The maximum atomic E-state index is 12.4. The molecule has 0 spiro atoms. The lowest BCUT2D eigenvalue weighted by atomic mass is 9.59.